The Kier molecular flexibility index (Phi) is 4.61. The lowest BCUT2D eigenvalue weighted by Crippen LogP contribution is -1.94. The fraction of sp³-hybridized carbons (Fsp3) is 0.250. The summed E-state index contributed by atoms with van der Waals surface area (Å²) in [6.45, 7) is 1.67. The van der Waals surface area contributed by atoms with Gasteiger partial charge in [-0.2, -0.15) is 0 Å². The fourth-order valence-electron chi connectivity index (χ4n) is 1.84. The van der Waals surface area contributed by atoms with Gasteiger partial charge >= 0.3 is 0 Å². The molecule has 0 fully saturated rings. The highest BCUT2D eigenvalue weighted by atomic mass is 16.5. The SMILES string of the molecule is COc1cc(CO)ccc1Oc1ccc(C(C)O)cc1. The average molecular weight is 274 g/mol. The van der Waals surface area contributed by atoms with Crippen LogP contribution in [0.1, 0.15) is 24.2 Å². The highest BCUT2D eigenvalue weighted by molar-refractivity contribution is 5.45. The normalized spacial score (nSPS) is 12.0. The Bertz CT molecular complexity index is 561. The second-order valence-electron chi connectivity index (χ2n) is 4.49. The Morgan fingerprint density at radius 2 is 1.75 bits per heavy atom. The van der Waals surface area contributed by atoms with Crippen molar-refractivity contribution in [2.75, 3.05) is 7.11 Å². The number of ether oxygens (including phenoxy) is 2. The minimum absolute atomic E-state index is 0.0419. The number of aliphatic hydroxyl groups is 2. The van der Waals surface area contributed by atoms with Crippen molar-refractivity contribution >= 4 is 0 Å². The highest BCUT2D eigenvalue weighted by Gasteiger charge is 2.07. The zero-order valence-corrected chi connectivity index (χ0v) is 11.5. The van der Waals surface area contributed by atoms with Crippen LogP contribution in [0, 0.1) is 0 Å². The third-order valence-electron chi connectivity index (χ3n) is 3.00. The van der Waals surface area contributed by atoms with Crippen LogP contribution < -0.4 is 9.47 Å². The van der Waals surface area contributed by atoms with Crippen molar-refractivity contribution < 1.29 is 19.7 Å². The molecule has 20 heavy (non-hydrogen) atoms. The van der Waals surface area contributed by atoms with E-state index >= 15 is 0 Å². The van der Waals surface area contributed by atoms with Gasteiger partial charge in [-0.1, -0.05) is 18.2 Å². The fourth-order valence-corrected chi connectivity index (χ4v) is 1.84. The van der Waals surface area contributed by atoms with Crippen molar-refractivity contribution in [2.45, 2.75) is 19.6 Å². The molecule has 106 valence electrons. The molecule has 2 rings (SSSR count). The van der Waals surface area contributed by atoms with E-state index in [9.17, 15) is 5.11 Å². The quantitative estimate of drug-likeness (QED) is 0.880. The van der Waals surface area contributed by atoms with Crippen LogP contribution in [-0.2, 0) is 6.61 Å². The minimum Gasteiger partial charge on any atom is -0.493 e. The van der Waals surface area contributed by atoms with Crippen molar-refractivity contribution in [1.82, 2.24) is 0 Å². The highest BCUT2D eigenvalue weighted by Crippen LogP contribution is 2.32. The molecule has 2 N–H and O–H groups in total. The molecular formula is C16H18O4. The van der Waals surface area contributed by atoms with Crippen molar-refractivity contribution in [3.8, 4) is 17.2 Å². The third-order valence-corrected chi connectivity index (χ3v) is 3.00. The van der Waals surface area contributed by atoms with Crippen molar-refractivity contribution in [3.63, 3.8) is 0 Å². The van der Waals surface area contributed by atoms with Crippen LogP contribution >= 0.6 is 0 Å². The molecular weight excluding hydrogens is 256 g/mol. The number of aliphatic hydroxyl groups excluding tert-OH is 2. The van der Waals surface area contributed by atoms with Gasteiger partial charge in [0.05, 0.1) is 19.8 Å². The van der Waals surface area contributed by atoms with Crippen LogP contribution in [0.25, 0.3) is 0 Å². The summed E-state index contributed by atoms with van der Waals surface area (Å²) in [6.07, 6.45) is -0.498. The minimum atomic E-state index is -0.498. The van der Waals surface area contributed by atoms with Crippen LogP contribution in [0.3, 0.4) is 0 Å². The Hall–Kier alpha value is -2.04. The van der Waals surface area contributed by atoms with E-state index in [1.807, 2.05) is 12.1 Å². The van der Waals surface area contributed by atoms with Gasteiger partial charge in [-0.15, -0.1) is 0 Å². The molecule has 1 unspecified atom stereocenters. The Balaban J connectivity index is 2.20. The first kappa shape index (κ1) is 14.4. The molecule has 0 spiro atoms. The Morgan fingerprint density at radius 3 is 2.30 bits per heavy atom. The predicted octanol–water partition coefficient (Wildman–Crippen LogP) is 3.03. The van der Waals surface area contributed by atoms with Crippen molar-refractivity contribution in [1.29, 1.82) is 0 Å². The zero-order chi connectivity index (χ0) is 14.5. The Morgan fingerprint density at radius 1 is 1.05 bits per heavy atom. The predicted molar refractivity (Wildman–Crippen MR) is 76.1 cm³/mol. The smallest absolute Gasteiger partial charge is 0.169 e. The summed E-state index contributed by atoms with van der Waals surface area (Å²) in [6, 6.07) is 12.5. The largest absolute Gasteiger partial charge is 0.493 e. The number of benzene rings is 2. The summed E-state index contributed by atoms with van der Waals surface area (Å²) in [5, 5.41) is 18.6. The van der Waals surface area contributed by atoms with Gasteiger partial charge in [0.1, 0.15) is 5.75 Å². The summed E-state index contributed by atoms with van der Waals surface area (Å²) in [5.41, 5.74) is 1.60. The number of methoxy groups -OCH3 is 1. The van der Waals surface area contributed by atoms with Gasteiger partial charge in [-0.25, -0.2) is 0 Å². The van der Waals surface area contributed by atoms with Crippen LogP contribution in [-0.4, -0.2) is 17.3 Å². The van der Waals surface area contributed by atoms with Gasteiger partial charge < -0.3 is 19.7 Å². The molecule has 1 atom stereocenters. The van der Waals surface area contributed by atoms with Gasteiger partial charge in [0.2, 0.25) is 0 Å². The van der Waals surface area contributed by atoms with E-state index in [-0.39, 0.29) is 6.61 Å². The van der Waals surface area contributed by atoms with E-state index in [4.69, 9.17) is 14.6 Å². The second kappa shape index (κ2) is 6.41. The van der Waals surface area contributed by atoms with E-state index in [1.54, 1.807) is 44.4 Å². The van der Waals surface area contributed by atoms with Crippen LogP contribution in [0.4, 0.5) is 0 Å². The van der Waals surface area contributed by atoms with Crippen LogP contribution in [0.2, 0.25) is 0 Å². The third kappa shape index (κ3) is 3.29. The lowest BCUT2D eigenvalue weighted by Gasteiger charge is -2.12. The molecule has 0 saturated carbocycles. The zero-order valence-electron chi connectivity index (χ0n) is 11.5. The molecule has 0 heterocycles. The molecule has 4 heteroatoms. The lowest BCUT2D eigenvalue weighted by atomic mass is 10.1. The molecule has 0 amide bonds. The van der Waals surface area contributed by atoms with Crippen LogP contribution in [0.15, 0.2) is 42.5 Å². The topological polar surface area (TPSA) is 58.9 Å². The maximum absolute atomic E-state index is 9.46. The van der Waals surface area contributed by atoms with Gasteiger partial charge in [0, 0.05) is 0 Å². The molecule has 0 aliphatic heterocycles. The van der Waals surface area contributed by atoms with Gasteiger partial charge in [-0.05, 0) is 42.3 Å². The van der Waals surface area contributed by atoms with Gasteiger partial charge in [-0.3, -0.25) is 0 Å². The number of hydrogen-bond acceptors (Lipinski definition) is 4. The van der Waals surface area contributed by atoms with E-state index in [2.05, 4.69) is 0 Å². The molecule has 0 saturated heterocycles. The molecule has 0 aliphatic carbocycles. The van der Waals surface area contributed by atoms with Crippen molar-refractivity contribution in [2.24, 2.45) is 0 Å². The monoisotopic (exact) mass is 274 g/mol. The van der Waals surface area contributed by atoms with Crippen molar-refractivity contribution in [3.05, 3.63) is 53.6 Å². The maximum atomic E-state index is 9.46. The number of hydrogen-bond donors (Lipinski definition) is 2. The van der Waals surface area contributed by atoms with E-state index in [0.717, 1.165) is 11.1 Å². The first-order valence-electron chi connectivity index (χ1n) is 6.37. The number of rotatable bonds is 5. The molecule has 0 aliphatic rings. The Labute approximate surface area is 118 Å². The van der Waals surface area contributed by atoms with E-state index in [1.165, 1.54) is 0 Å². The van der Waals surface area contributed by atoms with Crippen LogP contribution in [0.5, 0.6) is 17.2 Å². The summed E-state index contributed by atoms with van der Waals surface area (Å²) in [7, 11) is 1.56. The lowest BCUT2D eigenvalue weighted by molar-refractivity contribution is 0.199. The molecule has 0 aromatic heterocycles. The molecule has 0 radical (unpaired) electrons. The first-order valence-corrected chi connectivity index (χ1v) is 6.37. The molecule has 2 aromatic rings. The summed E-state index contributed by atoms with van der Waals surface area (Å²) >= 11 is 0. The van der Waals surface area contributed by atoms with E-state index in [0.29, 0.717) is 17.2 Å². The summed E-state index contributed by atoms with van der Waals surface area (Å²) in [4.78, 5) is 0. The second-order valence-corrected chi connectivity index (χ2v) is 4.49. The molecule has 2 aromatic carbocycles. The van der Waals surface area contributed by atoms with Gasteiger partial charge in [0.15, 0.2) is 11.5 Å². The van der Waals surface area contributed by atoms with E-state index < -0.39 is 6.10 Å². The van der Waals surface area contributed by atoms with Gasteiger partial charge in [0.25, 0.3) is 0 Å². The standard InChI is InChI=1S/C16H18O4/c1-11(18)13-4-6-14(7-5-13)20-15-8-3-12(10-17)9-16(15)19-2/h3-9,11,17-18H,10H2,1-2H3. The summed E-state index contributed by atoms with van der Waals surface area (Å²) < 4.78 is 11.0. The summed E-state index contributed by atoms with van der Waals surface area (Å²) in [5.74, 6) is 1.80. The first-order chi connectivity index (χ1) is 9.63. The molecule has 4 nitrogen and oxygen atoms in total. The average Bonchev–Trinajstić information content (AvgIpc) is 2.48. The maximum Gasteiger partial charge on any atom is 0.169 e. The molecule has 0 bridgehead atoms.